The summed E-state index contributed by atoms with van der Waals surface area (Å²) < 4.78 is 11.2. The number of rotatable bonds is 3. The molecule has 2 heterocycles. The van der Waals surface area contributed by atoms with E-state index >= 15 is 0 Å². The van der Waals surface area contributed by atoms with Gasteiger partial charge in [-0.3, -0.25) is 15.1 Å². The van der Waals surface area contributed by atoms with Gasteiger partial charge in [0, 0.05) is 17.8 Å². The van der Waals surface area contributed by atoms with Crippen LogP contribution in [0.3, 0.4) is 0 Å². The van der Waals surface area contributed by atoms with Crippen LogP contribution in [-0.2, 0) is 15.3 Å². The number of aliphatic imine (C=N–C) groups is 1. The molecule has 1 spiro atoms. The number of nitro benzene ring substituents is 1. The molecule has 9 heteroatoms. The van der Waals surface area contributed by atoms with Gasteiger partial charge >= 0.3 is 6.03 Å². The van der Waals surface area contributed by atoms with Crippen LogP contribution in [0.25, 0.3) is 0 Å². The number of carbonyl (C=O) groups excluding carboxylic acids is 1. The molecule has 2 aliphatic rings. The summed E-state index contributed by atoms with van der Waals surface area (Å²) >= 11 is 0. The fraction of sp³-hybridized carbons (Fsp3) is 0.176. The summed E-state index contributed by atoms with van der Waals surface area (Å²) in [6, 6.07) is 10.9. The number of hydrogen-bond acceptors (Lipinski definition) is 6. The van der Waals surface area contributed by atoms with Crippen LogP contribution in [0.5, 0.6) is 0 Å². The van der Waals surface area contributed by atoms with E-state index in [1.54, 1.807) is 24.3 Å². The molecule has 0 aliphatic carbocycles. The van der Waals surface area contributed by atoms with E-state index in [1.807, 2.05) is 6.07 Å². The van der Waals surface area contributed by atoms with Crippen molar-refractivity contribution >= 4 is 35.0 Å². The minimum atomic E-state index is -1.23. The Hall–Kier alpha value is -3.30. The van der Waals surface area contributed by atoms with Crippen LogP contribution < -0.4 is 10.6 Å². The topological polar surface area (TPSA) is 115 Å². The lowest BCUT2D eigenvalue weighted by molar-refractivity contribution is -0.385. The average molecular weight is 354 g/mol. The number of benzene rings is 2. The van der Waals surface area contributed by atoms with E-state index in [4.69, 9.17) is 9.47 Å². The van der Waals surface area contributed by atoms with Gasteiger partial charge in [0.1, 0.15) is 0 Å². The van der Waals surface area contributed by atoms with Crippen molar-refractivity contribution < 1.29 is 19.2 Å². The van der Waals surface area contributed by atoms with Gasteiger partial charge < -0.3 is 20.1 Å². The third-order valence-electron chi connectivity index (χ3n) is 4.04. The maximum atomic E-state index is 12.3. The van der Waals surface area contributed by atoms with Crippen molar-refractivity contribution in [1.82, 2.24) is 0 Å². The second-order valence-corrected chi connectivity index (χ2v) is 5.71. The lowest BCUT2D eigenvalue weighted by atomic mass is 10.0. The number of anilines is 2. The first-order valence-electron chi connectivity index (χ1n) is 7.86. The number of nitro groups is 1. The van der Waals surface area contributed by atoms with Crippen molar-refractivity contribution in [2.75, 3.05) is 23.8 Å². The van der Waals surface area contributed by atoms with Gasteiger partial charge in [-0.25, -0.2) is 4.79 Å². The molecule has 0 radical (unpaired) electrons. The Bertz CT molecular complexity index is 907. The first-order valence-corrected chi connectivity index (χ1v) is 7.86. The molecule has 4 rings (SSSR count). The average Bonchev–Trinajstić information content (AvgIpc) is 3.24. The molecule has 0 aromatic heterocycles. The van der Waals surface area contributed by atoms with Crippen molar-refractivity contribution in [3.05, 3.63) is 58.1 Å². The Morgan fingerprint density at radius 1 is 1.15 bits per heavy atom. The minimum absolute atomic E-state index is 0.192. The molecule has 9 nitrogen and oxygen atoms in total. The highest BCUT2D eigenvalue weighted by molar-refractivity contribution is 6.03. The van der Waals surface area contributed by atoms with Crippen molar-refractivity contribution in [2.45, 2.75) is 5.79 Å². The number of para-hydroxylation sites is 1. The summed E-state index contributed by atoms with van der Waals surface area (Å²) in [5.41, 5.74) is 1.38. The van der Waals surface area contributed by atoms with Gasteiger partial charge in [-0.1, -0.05) is 18.2 Å². The maximum Gasteiger partial charge on any atom is 0.323 e. The first kappa shape index (κ1) is 16.2. The second-order valence-electron chi connectivity index (χ2n) is 5.71. The highest BCUT2D eigenvalue weighted by atomic mass is 16.7. The summed E-state index contributed by atoms with van der Waals surface area (Å²) in [5, 5.41) is 16.6. The van der Waals surface area contributed by atoms with E-state index < -0.39 is 16.7 Å². The second kappa shape index (κ2) is 6.21. The normalized spacial score (nSPS) is 16.5. The van der Waals surface area contributed by atoms with Crippen LogP contribution in [-0.4, -0.2) is 30.4 Å². The van der Waals surface area contributed by atoms with E-state index in [0.29, 0.717) is 30.2 Å². The fourth-order valence-corrected chi connectivity index (χ4v) is 2.91. The monoisotopic (exact) mass is 354 g/mol. The lowest BCUT2D eigenvalue weighted by Gasteiger charge is -2.20. The lowest BCUT2D eigenvalue weighted by Crippen LogP contribution is -2.26. The number of fused-ring (bicyclic) bond motifs is 2. The third-order valence-corrected chi connectivity index (χ3v) is 4.04. The summed E-state index contributed by atoms with van der Waals surface area (Å²) in [7, 11) is 0. The van der Waals surface area contributed by atoms with Gasteiger partial charge in [-0.15, -0.1) is 0 Å². The number of urea groups is 1. The fourth-order valence-electron chi connectivity index (χ4n) is 2.91. The zero-order chi connectivity index (χ0) is 18.1. The molecular formula is C17H14N4O5. The smallest absolute Gasteiger partial charge is 0.323 e. The molecule has 2 N–H and O–H groups in total. The van der Waals surface area contributed by atoms with E-state index in [2.05, 4.69) is 15.6 Å². The van der Waals surface area contributed by atoms with Crippen molar-refractivity contribution in [1.29, 1.82) is 0 Å². The largest absolute Gasteiger partial charge is 0.339 e. The van der Waals surface area contributed by atoms with Crippen molar-refractivity contribution in [3.8, 4) is 0 Å². The quantitative estimate of drug-likeness (QED) is 0.649. The number of ether oxygens (including phenoxy) is 2. The predicted molar refractivity (Wildman–Crippen MR) is 93.9 cm³/mol. The molecule has 26 heavy (non-hydrogen) atoms. The van der Waals surface area contributed by atoms with Crippen LogP contribution in [0.4, 0.5) is 27.5 Å². The summed E-state index contributed by atoms with van der Waals surface area (Å²) in [6.45, 7) is 0.705. The van der Waals surface area contributed by atoms with Crippen molar-refractivity contribution in [3.63, 3.8) is 0 Å². The number of nitrogens with one attached hydrogen (secondary N) is 2. The summed E-state index contributed by atoms with van der Waals surface area (Å²) in [4.78, 5) is 27.3. The van der Waals surface area contributed by atoms with Crippen LogP contribution in [0.15, 0.2) is 47.5 Å². The predicted octanol–water partition coefficient (Wildman–Crippen LogP) is 3.15. The molecule has 2 aromatic carbocycles. The summed E-state index contributed by atoms with van der Waals surface area (Å²) in [6.07, 6.45) is 1.45. The Kier molecular flexibility index (Phi) is 3.86. The molecule has 0 saturated carbocycles. The van der Waals surface area contributed by atoms with Crippen LogP contribution in [0, 0.1) is 10.1 Å². The van der Waals surface area contributed by atoms with E-state index in [0.717, 1.165) is 0 Å². The van der Waals surface area contributed by atoms with Gasteiger partial charge in [-0.05, 0) is 12.1 Å². The molecule has 2 aromatic rings. The number of nitrogens with zero attached hydrogens (tertiary/aromatic N) is 2. The van der Waals surface area contributed by atoms with E-state index in [1.165, 1.54) is 18.3 Å². The van der Waals surface area contributed by atoms with Crippen molar-refractivity contribution in [2.24, 2.45) is 4.99 Å². The minimum Gasteiger partial charge on any atom is -0.339 e. The van der Waals surface area contributed by atoms with Gasteiger partial charge in [0.25, 0.3) is 5.69 Å². The highest BCUT2D eigenvalue weighted by Gasteiger charge is 2.44. The van der Waals surface area contributed by atoms with Gasteiger partial charge in [0.05, 0.1) is 41.3 Å². The van der Waals surface area contributed by atoms with E-state index in [-0.39, 0.29) is 11.4 Å². The van der Waals surface area contributed by atoms with E-state index in [9.17, 15) is 14.9 Å². The molecule has 132 valence electrons. The molecule has 1 saturated heterocycles. The molecular weight excluding hydrogens is 340 g/mol. The maximum absolute atomic E-state index is 12.3. The molecule has 1 fully saturated rings. The number of hydrogen-bond donors (Lipinski definition) is 2. The Balaban J connectivity index is 1.67. The van der Waals surface area contributed by atoms with Gasteiger partial charge in [0.15, 0.2) is 0 Å². The van der Waals surface area contributed by atoms with Gasteiger partial charge in [0.2, 0.25) is 5.79 Å². The van der Waals surface area contributed by atoms with Crippen LogP contribution in [0.1, 0.15) is 5.56 Å². The standard InChI is InChI=1S/C17H14N4O5/c22-16(19-11-4-2-1-3-5-11)20-14-9-12(21(23)24)8-13-15(14)18-10-17(13)25-6-7-26-17/h1-5,8-10H,6-7H2,(H2,19,20,22). The zero-order valence-corrected chi connectivity index (χ0v) is 13.5. The number of carbonyl (C=O) groups is 1. The Morgan fingerprint density at radius 2 is 1.88 bits per heavy atom. The molecule has 0 unspecified atom stereocenters. The molecule has 2 amide bonds. The SMILES string of the molecule is O=C(Nc1ccccc1)Nc1cc([N+](=O)[O-])cc2c1N=CC21OCCO1. The zero-order valence-electron chi connectivity index (χ0n) is 13.5. The first-order chi connectivity index (χ1) is 12.6. The summed E-state index contributed by atoms with van der Waals surface area (Å²) in [5.74, 6) is -1.23. The van der Waals surface area contributed by atoms with Gasteiger partial charge in [-0.2, -0.15) is 0 Å². The third kappa shape index (κ3) is 2.79. The Labute approximate surface area is 147 Å². The number of amides is 2. The number of non-ortho nitro benzene ring substituents is 1. The molecule has 0 atom stereocenters. The molecule has 2 aliphatic heterocycles. The van der Waals surface area contributed by atoms with Crippen LogP contribution in [0.2, 0.25) is 0 Å². The molecule has 0 bridgehead atoms. The Morgan fingerprint density at radius 3 is 2.58 bits per heavy atom. The highest BCUT2D eigenvalue weighted by Crippen LogP contribution is 2.46. The van der Waals surface area contributed by atoms with Crippen LogP contribution >= 0.6 is 0 Å².